The zero-order chi connectivity index (χ0) is 16.8. The van der Waals surface area contributed by atoms with Crippen LogP contribution < -0.4 is 5.32 Å². The Bertz CT molecular complexity index is 522. The van der Waals surface area contributed by atoms with E-state index in [0.717, 1.165) is 45.3 Å². The van der Waals surface area contributed by atoms with Crippen LogP contribution in [0, 0.1) is 0 Å². The Labute approximate surface area is 141 Å². The van der Waals surface area contributed by atoms with Gasteiger partial charge < -0.3 is 24.2 Å². The standard InChI is InChI=1S/C16H26N4O4/c1-22-10-6-14-18-15(24-19-14)11-23-12-4-8-20(9-5-12)16(21)13-3-2-7-17-13/h12-13,17H,2-11H2,1H3. The molecule has 2 aliphatic heterocycles. The van der Waals surface area contributed by atoms with E-state index in [-0.39, 0.29) is 18.1 Å². The van der Waals surface area contributed by atoms with Crippen molar-refractivity contribution < 1.29 is 18.8 Å². The predicted molar refractivity (Wildman–Crippen MR) is 85.3 cm³/mol. The Morgan fingerprint density at radius 3 is 2.92 bits per heavy atom. The average Bonchev–Trinajstić information content (AvgIpc) is 3.30. The van der Waals surface area contributed by atoms with E-state index >= 15 is 0 Å². The topological polar surface area (TPSA) is 89.7 Å². The highest BCUT2D eigenvalue weighted by molar-refractivity contribution is 5.82. The zero-order valence-electron chi connectivity index (χ0n) is 14.2. The van der Waals surface area contributed by atoms with Gasteiger partial charge in [-0.1, -0.05) is 5.16 Å². The normalized spacial score (nSPS) is 22.2. The number of nitrogens with zero attached hydrogens (tertiary/aromatic N) is 3. The maximum absolute atomic E-state index is 12.4. The highest BCUT2D eigenvalue weighted by Gasteiger charge is 2.30. The molecule has 0 aliphatic carbocycles. The van der Waals surface area contributed by atoms with Gasteiger partial charge in [-0.05, 0) is 32.2 Å². The zero-order valence-corrected chi connectivity index (χ0v) is 14.2. The van der Waals surface area contributed by atoms with Gasteiger partial charge in [0.1, 0.15) is 6.61 Å². The van der Waals surface area contributed by atoms with Crippen LogP contribution in [0.2, 0.25) is 0 Å². The van der Waals surface area contributed by atoms with E-state index in [1.54, 1.807) is 7.11 Å². The molecular weight excluding hydrogens is 312 g/mol. The maximum atomic E-state index is 12.4. The summed E-state index contributed by atoms with van der Waals surface area (Å²) in [4.78, 5) is 18.6. The molecule has 1 aromatic heterocycles. The van der Waals surface area contributed by atoms with Gasteiger partial charge >= 0.3 is 0 Å². The number of amides is 1. The molecule has 0 aromatic carbocycles. The van der Waals surface area contributed by atoms with Crippen molar-refractivity contribution in [2.75, 3.05) is 33.4 Å². The van der Waals surface area contributed by atoms with Crippen LogP contribution in [0.25, 0.3) is 0 Å². The van der Waals surface area contributed by atoms with Crippen molar-refractivity contribution in [3.63, 3.8) is 0 Å². The average molecular weight is 338 g/mol. The third-order valence-corrected chi connectivity index (χ3v) is 4.59. The summed E-state index contributed by atoms with van der Waals surface area (Å²) in [5, 5.41) is 7.16. The van der Waals surface area contributed by atoms with E-state index in [4.69, 9.17) is 14.0 Å². The number of ether oxygens (including phenoxy) is 2. The molecule has 8 nitrogen and oxygen atoms in total. The summed E-state index contributed by atoms with van der Waals surface area (Å²) >= 11 is 0. The predicted octanol–water partition coefficient (Wildman–Crippen LogP) is 0.518. The number of piperidine rings is 1. The first-order chi connectivity index (χ1) is 11.8. The first kappa shape index (κ1) is 17.3. The summed E-state index contributed by atoms with van der Waals surface area (Å²) in [7, 11) is 1.64. The first-order valence-corrected chi connectivity index (χ1v) is 8.70. The number of carbonyl (C=O) groups excluding carboxylic acids is 1. The minimum Gasteiger partial charge on any atom is -0.384 e. The molecular formula is C16H26N4O4. The van der Waals surface area contributed by atoms with Gasteiger partial charge in [0, 0.05) is 26.6 Å². The van der Waals surface area contributed by atoms with E-state index in [2.05, 4.69) is 15.5 Å². The number of nitrogens with one attached hydrogen (secondary N) is 1. The molecule has 1 amide bonds. The Kier molecular flexibility index (Phi) is 6.17. The minimum absolute atomic E-state index is 0.0198. The molecule has 0 bridgehead atoms. The quantitative estimate of drug-likeness (QED) is 0.775. The monoisotopic (exact) mass is 338 g/mol. The highest BCUT2D eigenvalue weighted by Crippen LogP contribution is 2.18. The molecule has 0 radical (unpaired) electrons. The highest BCUT2D eigenvalue weighted by atomic mass is 16.5. The van der Waals surface area contributed by atoms with Crippen molar-refractivity contribution in [1.82, 2.24) is 20.4 Å². The van der Waals surface area contributed by atoms with Gasteiger partial charge in [0.05, 0.1) is 18.8 Å². The molecule has 2 saturated heterocycles. The molecule has 24 heavy (non-hydrogen) atoms. The SMILES string of the molecule is COCCc1noc(COC2CCN(C(=O)C3CCCN3)CC2)n1. The molecule has 2 aliphatic rings. The molecule has 0 spiro atoms. The summed E-state index contributed by atoms with van der Waals surface area (Å²) in [5.41, 5.74) is 0. The maximum Gasteiger partial charge on any atom is 0.252 e. The smallest absolute Gasteiger partial charge is 0.252 e. The molecule has 1 aromatic rings. The molecule has 134 valence electrons. The van der Waals surface area contributed by atoms with Crippen molar-refractivity contribution >= 4 is 5.91 Å². The number of hydrogen-bond donors (Lipinski definition) is 1. The second-order valence-electron chi connectivity index (χ2n) is 6.33. The molecule has 1 unspecified atom stereocenters. The molecule has 3 heterocycles. The van der Waals surface area contributed by atoms with Gasteiger partial charge in [-0.3, -0.25) is 4.79 Å². The fraction of sp³-hybridized carbons (Fsp3) is 0.812. The molecule has 1 atom stereocenters. The van der Waals surface area contributed by atoms with Gasteiger partial charge in [0.2, 0.25) is 5.91 Å². The number of aromatic nitrogens is 2. The van der Waals surface area contributed by atoms with Gasteiger partial charge in [0.15, 0.2) is 5.82 Å². The summed E-state index contributed by atoms with van der Waals surface area (Å²) in [6, 6.07) is 0.0198. The van der Waals surface area contributed by atoms with Crippen molar-refractivity contribution in [2.24, 2.45) is 0 Å². The first-order valence-electron chi connectivity index (χ1n) is 8.70. The summed E-state index contributed by atoms with van der Waals surface area (Å²) < 4.78 is 16.0. The Morgan fingerprint density at radius 2 is 2.21 bits per heavy atom. The number of hydrogen-bond acceptors (Lipinski definition) is 7. The molecule has 2 fully saturated rings. The third kappa shape index (κ3) is 4.52. The third-order valence-electron chi connectivity index (χ3n) is 4.59. The van der Waals surface area contributed by atoms with E-state index in [0.29, 0.717) is 31.3 Å². The molecule has 1 N–H and O–H groups in total. The number of likely N-dealkylation sites (tertiary alicyclic amines) is 1. The number of rotatable bonds is 7. The van der Waals surface area contributed by atoms with Crippen LogP contribution in [0.1, 0.15) is 37.4 Å². The lowest BCUT2D eigenvalue weighted by molar-refractivity contribution is -0.136. The van der Waals surface area contributed by atoms with E-state index in [1.165, 1.54) is 0 Å². The van der Waals surface area contributed by atoms with E-state index < -0.39 is 0 Å². The van der Waals surface area contributed by atoms with Crippen molar-refractivity contribution in [3.05, 3.63) is 11.7 Å². The van der Waals surface area contributed by atoms with E-state index in [9.17, 15) is 4.79 Å². The van der Waals surface area contributed by atoms with Crippen LogP contribution >= 0.6 is 0 Å². The number of methoxy groups -OCH3 is 1. The fourth-order valence-corrected chi connectivity index (χ4v) is 3.19. The van der Waals surface area contributed by atoms with Crippen LogP contribution in [0.15, 0.2) is 4.52 Å². The minimum atomic E-state index is 0.0198. The summed E-state index contributed by atoms with van der Waals surface area (Å²) in [6.07, 6.45) is 4.52. The van der Waals surface area contributed by atoms with Crippen LogP contribution in [0.3, 0.4) is 0 Å². The lowest BCUT2D eigenvalue weighted by atomic mass is 10.1. The van der Waals surface area contributed by atoms with Gasteiger partial charge in [-0.2, -0.15) is 4.98 Å². The van der Waals surface area contributed by atoms with Crippen LogP contribution in [-0.4, -0.2) is 66.4 Å². The lowest BCUT2D eigenvalue weighted by Gasteiger charge is -2.33. The van der Waals surface area contributed by atoms with Crippen molar-refractivity contribution in [3.8, 4) is 0 Å². The lowest BCUT2D eigenvalue weighted by Crippen LogP contribution is -2.48. The molecule has 8 heteroatoms. The molecule has 3 rings (SSSR count). The largest absolute Gasteiger partial charge is 0.384 e. The number of carbonyl (C=O) groups is 1. The van der Waals surface area contributed by atoms with Crippen LogP contribution in [0.4, 0.5) is 0 Å². The van der Waals surface area contributed by atoms with Crippen LogP contribution in [0.5, 0.6) is 0 Å². The van der Waals surface area contributed by atoms with E-state index in [1.807, 2.05) is 4.90 Å². The van der Waals surface area contributed by atoms with Gasteiger partial charge in [-0.25, -0.2) is 0 Å². The summed E-state index contributed by atoms with van der Waals surface area (Å²) in [5.74, 6) is 1.38. The Morgan fingerprint density at radius 1 is 1.38 bits per heavy atom. The Balaban J connectivity index is 1.37. The Hall–Kier alpha value is -1.51. The fourth-order valence-electron chi connectivity index (χ4n) is 3.19. The molecule has 0 saturated carbocycles. The van der Waals surface area contributed by atoms with Crippen molar-refractivity contribution in [2.45, 2.75) is 50.9 Å². The second kappa shape index (κ2) is 8.55. The van der Waals surface area contributed by atoms with Gasteiger partial charge in [-0.15, -0.1) is 0 Å². The van der Waals surface area contributed by atoms with Crippen LogP contribution in [-0.2, 0) is 27.3 Å². The summed E-state index contributed by atoms with van der Waals surface area (Å²) in [6.45, 7) is 3.35. The van der Waals surface area contributed by atoms with Crippen molar-refractivity contribution in [1.29, 1.82) is 0 Å². The second-order valence-corrected chi connectivity index (χ2v) is 6.33. The van der Waals surface area contributed by atoms with Gasteiger partial charge in [0.25, 0.3) is 5.89 Å².